The second-order valence-electron chi connectivity index (χ2n) is 8.57. The Hall–Kier alpha value is -3.72. The number of hydrogen-bond acceptors (Lipinski definition) is 5. The van der Waals surface area contributed by atoms with Gasteiger partial charge in [0.15, 0.2) is 9.84 Å². The normalized spacial score (nSPS) is 13.9. The van der Waals surface area contributed by atoms with Gasteiger partial charge in [-0.25, -0.2) is 17.8 Å². The predicted molar refractivity (Wildman–Crippen MR) is 131 cm³/mol. The molecule has 180 valence electrons. The van der Waals surface area contributed by atoms with Crippen molar-refractivity contribution in [3.63, 3.8) is 0 Å². The van der Waals surface area contributed by atoms with E-state index >= 15 is 4.39 Å². The topological polar surface area (TPSA) is 92.4 Å². The molecule has 0 fully saturated rings. The number of aromatic amines is 1. The smallest absolute Gasteiger partial charge is 0.254 e. The first kappa shape index (κ1) is 23.0. The molecule has 1 aliphatic heterocycles. The second kappa shape index (κ2) is 8.81. The number of aromatic nitrogens is 2. The summed E-state index contributed by atoms with van der Waals surface area (Å²) in [4.78, 5) is 22.2. The van der Waals surface area contributed by atoms with Crippen LogP contribution < -0.4 is 4.74 Å². The number of nitrogens with one attached hydrogen (secondary N) is 1. The third-order valence-electron chi connectivity index (χ3n) is 6.25. The van der Waals surface area contributed by atoms with Crippen LogP contribution in [0.3, 0.4) is 0 Å². The molecule has 2 aromatic carbocycles. The Morgan fingerprint density at radius 1 is 1.17 bits per heavy atom. The molecule has 5 rings (SSSR count). The molecular formula is C26H24FN3O4S. The van der Waals surface area contributed by atoms with Gasteiger partial charge in [0.05, 0.1) is 6.54 Å². The van der Waals surface area contributed by atoms with Crippen LogP contribution in [0.15, 0.2) is 59.8 Å². The molecule has 35 heavy (non-hydrogen) atoms. The average Bonchev–Trinajstić information content (AvgIpc) is 3.20. The summed E-state index contributed by atoms with van der Waals surface area (Å²) in [5.74, 6) is -0.533. The Morgan fingerprint density at radius 3 is 2.77 bits per heavy atom. The van der Waals surface area contributed by atoms with Crippen LogP contribution in [-0.2, 0) is 22.8 Å². The second-order valence-corrected chi connectivity index (χ2v) is 10.6. The van der Waals surface area contributed by atoms with Gasteiger partial charge < -0.3 is 14.6 Å². The van der Waals surface area contributed by atoms with Gasteiger partial charge >= 0.3 is 0 Å². The third kappa shape index (κ3) is 4.27. The number of carbonyl (C=O) groups is 1. The van der Waals surface area contributed by atoms with Crippen LogP contribution in [0, 0.1) is 5.82 Å². The van der Waals surface area contributed by atoms with Crippen LogP contribution in [0.1, 0.15) is 28.4 Å². The lowest BCUT2D eigenvalue weighted by atomic mass is 10.0. The fourth-order valence-corrected chi connectivity index (χ4v) is 5.21. The minimum Gasteiger partial charge on any atom is -0.491 e. The summed E-state index contributed by atoms with van der Waals surface area (Å²) in [6, 6.07) is 12.4. The largest absolute Gasteiger partial charge is 0.491 e. The van der Waals surface area contributed by atoms with Crippen LogP contribution in [-0.4, -0.2) is 48.6 Å². The summed E-state index contributed by atoms with van der Waals surface area (Å²) in [6.07, 6.45) is 4.78. The van der Waals surface area contributed by atoms with Gasteiger partial charge in [-0.2, -0.15) is 0 Å². The Balaban J connectivity index is 1.48. The van der Waals surface area contributed by atoms with Crippen LogP contribution in [0.5, 0.6) is 5.75 Å². The Kier molecular flexibility index (Phi) is 5.80. The number of hydrogen-bond donors (Lipinski definition) is 1. The molecule has 0 radical (unpaired) electrons. The molecule has 0 unspecified atom stereocenters. The van der Waals surface area contributed by atoms with E-state index in [4.69, 9.17) is 4.74 Å². The first-order valence-electron chi connectivity index (χ1n) is 11.3. The zero-order valence-corrected chi connectivity index (χ0v) is 20.2. The molecule has 2 aromatic heterocycles. The molecular weight excluding hydrogens is 469 g/mol. The maximum Gasteiger partial charge on any atom is 0.254 e. The molecule has 4 aromatic rings. The van der Waals surface area contributed by atoms with Crippen molar-refractivity contribution >= 4 is 26.8 Å². The van der Waals surface area contributed by atoms with E-state index in [0.717, 1.165) is 34.0 Å². The van der Waals surface area contributed by atoms with E-state index in [2.05, 4.69) is 9.97 Å². The van der Waals surface area contributed by atoms with Crippen LogP contribution >= 0.6 is 0 Å². The van der Waals surface area contributed by atoms with Gasteiger partial charge in [-0.15, -0.1) is 0 Å². The molecule has 0 saturated heterocycles. The molecule has 1 aliphatic rings. The lowest BCUT2D eigenvalue weighted by Gasteiger charge is -2.22. The quantitative estimate of drug-likeness (QED) is 0.456. The van der Waals surface area contributed by atoms with Crippen LogP contribution in [0.4, 0.5) is 4.39 Å². The number of benzene rings is 2. The van der Waals surface area contributed by atoms with Gasteiger partial charge in [-0.1, -0.05) is 13.0 Å². The predicted octanol–water partition coefficient (Wildman–Crippen LogP) is 4.37. The van der Waals surface area contributed by atoms with Crippen LogP contribution in [0.25, 0.3) is 22.2 Å². The molecule has 3 heterocycles. The summed E-state index contributed by atoms with van der Waals surface area (Å²) in [5, 5.41) is 0.997. The lowest BCUT2D eigenvalue weighted by molar-refractivity contribution is 0.0731. The average molecular weight is 494 g/mol. The molecule has 7 nitrogen and oxygen atoms in total. The van der Waals surface area contributed by atoms with E-state index in [9.17, 15) is 13.2 Å². The van der Waals surface area contributed by atoms with Gasteiger partial charge in [0, 0.05) is 52.8 Å². The van der Waals surface area contributed by atoms with E-state index < -0.39 is 20.5 Å². The van der Waals surface area contributed by atoms with Gasteiger partial charge in [-0.05, 0) is 48.4 Å². The molecule has 0 atom stereocenters. The Morgan fingerprint density at radius 2 is 2.00 bits per heavy atom. The molecule has 0 aliphatic carbocycles. The minimum absolute atomic E-state index is 0.0999. The van der Waals surface area contributed by atoms with Crippen LogP contribution in [0.2, 0.25) is 0 Å². The van der Waals surface area contributed by atoms with Crippen molar-refractivity contribution in [2.75, 3.05) is 19.4 Å². The van der Waals surface area contributed by atoms with E-state index in [1.165, 1.54) is 12.1 Å². The highest BCUT2D eigenvalue weighted by atomic mass is 32.2. The van der Waals surface area contributed by atoms with E-state index in [-0.39, 0.29) is 30.0 Å². The first-order chi connectivity index (χ1) is 16.8. The van der Waals surface area contributed by atoms with Crippen molar-refractivity contribution in [2.24, 2.45) is 0 Å². The highest BCUT2D eigenvalue weighted by molar-refractivity contribution is 7.90. The number of sulfone groups is 1. The van der Waals surface area contributed by atoms with E-state index in [1.54, 1.807) is 18.0 Å². The molecule has 1 N–H and O–H groups in total. The number of rotatable bonds is 4. The summed E-state index contributed by atoms with van der Waals surface area (Å²) in [7, 11) is -3.75. The number of pyridine rings is 1. The number of ether oxygens (including phenoxy) is 1. The summed E-state index contributed by atoms with van der Waals surface area (Å²) in [6.45, 7) is 2.59. The van der Waals surface area contributed by atoms with E-state index in [0.29, 0.717) is 18.9 Å². The number of fused-ring (bicyclic) bond motifs is 2. The van der Waals surface area contributed by atoms with Gasteiger partial charge in [0.2, 0.25) is 0 Å². The van der Waals surface area contributed by atoms with Gasteiger partial charge in [0.1, 0.15) is 28.7 Å². The molecule has 9 heteroatoms. The number of amides is 1. The fourth-order valence-electron chi connectivity index (χ4n) is 4.45. The zero-order chi connectivity index (χ0) is 24.7. The van der Waals surface area contributed by atoms with E-state index in [1.807, 2.05) is 36.5 Å². The minimum atomic E-state index is -3.75. The standard InChI is InChI=1S/C26H24FN3O4S/c1-3-20-21(5-7-23(24(20)27)35(2,32)33)26(31)30-10-11-34-22-6-4-16(12-19(22)15-30)18-13-17-8-9-28-25(17)29-14-18/h4-9,12-14H,3,10-11,15H2,1-2H3,(H,28,29). The maximum atomic E-state index is 15.0. The molecule has 0 saturated carbocycles. The Labute approximate surface area is 202 Å². The maximum absolute atomic E-state index is 15.0. The third-order valence-corrected chi connectivity index (χ3v) is 7.37. The summed E-state index contributed by atoms with van der Waals surface area (Å²) in [5.41, 5.74) is 3.78. The fraction of sp³-hybridized carbons (Fsp3) is 0.231. The lowest BCUT2D eigenvalue weighted by Crippen LogP contribution is -2.33. The number of halogens is 1. The SMILES string of the molecule is CCc1c(C(=O)N2CCOc3ccc(-c4cnc5[nH]ccc5c4)cc3C2)ccc(S(C)(=O)=O)c1F. The van der Waals surface area contributed by atoms with Crippen molar-refractivity contribution in [2.45, 2.75) is 24.8 Å². The monoisotopic (exact) mass is 493 g/mol. The number of nitrogens with zero attached hydrogens (tertiary/aromatic N) is 2. The van der Waals surface area contributed by atoms with Gasteiger partial charge in [0.25, 0.3) is 5.91 Å². The summed E-state index contributed by atoms with van der Waals surface area (Å²) < 4.78 is 44.8. The number of carbonyl (C=O) groups excluding carboxylic acids is 1. The van der Waals surface area contributed by atoms with Crippen molar-refractivity contribution in [1.29, 1.82) is 0 Å². The van der Waals surface area contributed by atoms with Crippen molar-refractivity contribution in [3.05, 3.63) is 77.4 Å². The highest BCUT2D eigenvalue weighted by Gasteiger charge is 2.27. The van der Waals surface area contributed by atoms with Crippen molar-refractivity contribution in [3.8, 4) is 16.9 Å². The zero-order valence-electron chi connectivity index (χ0n) is 19.3. The molecule has 1 amide bonds. The first-order valence-corrected chi connectivity index (χ1v) is 13.2. The van der Waals surface area contributed by atoms with Crippen molar-refractivity contribution < 1.29 is 22.3 Å². The number of H-pyrrole nitrogens is 1. The Bertz CT molecular complexity index is 1560. The van der Waals surface area contributed by atoms with Gasteiger partial charge in [-0.3, -0.25) is 4.79 Å². The van der Waals surface area contributed by atoms with Crippen molar-refractivity contribution in [1.82, 2.24) is 14.9 Å². The highest BCUT2D eigenvalue weighted by Crippen LogP contribution is 2.31. The summed E-state index contributed by atoms with van der Waals surface area (Å²) >= 11 is 0. The molecule has 0 bridgehead atoms. The molecule has 0 spiro atoms.